The first-order chi connectivity index (χ1) is 10.3. The summed E-state index contributed by atoms with van der Waals surface area (Å²) in [5.41, 5.74) is 4.86. The van der Waals surface area contributed by atoms with Gasteiger partial charge in [0.25, 0.3) is 0 Å². The third kappa shape index (κ3) is 2.52. The highest BCUT2D eigenvalue weighted by Gasteiger charge is 2.33. The van der Waals surface area contributed by atoms with Crippen molar-refractivity contribution in [2.45, 2.75) is 13.8 Å². The number of rotatable bonds is 3. The maximum Gasteiger partial charge on any atom is 0.338 e. The molecule has 0 saturated carbocycles. The predicted octanol–water partition coefficient (Wildman–Crippen LogP) is 1.15. The molecule has 22 heavy (non-hydrogen) atoms. The van der Waals surface area contributed by atoms with Gasteiger partial charge in [0.15, 0.2) is 0 Å². The van der Waals surface area contributed by atoms with E-state index in [0.717, 1.165) is 32.0 Å². The smallest absolute Gasteiger partial charge is 0.338 e. The van der Waals surface area contributed by atoms with Crippen LogP contribution in [0.1, 0.15) is 11.1 Å². The topological polar surface area (TPSA) is 54.7 Å². The molecule has 0 radical (unpaired) electrons. The molecule has 0 atom stereocenters. The summed E-state index contributed by atoms with van der Waals surface area (Å²) in [6.07, 6.45) is 3.17. The molecule has 0 aliphatic carbocycles. The van der Waals surface area contributed by atoms with Crippen molar-refractivity contribution in [1.29, 1.82) is 0 Å². The van der Waals surface area contributed by atoms with Gasteiger partial charge in [-0.1, -0.05) is 0 Å². The van der Waals surface area contributed by atoms with Crippen LogP contribution in [-0.2, 0) is 0 Å². The van der Waals surface area contributed by atoms with Gasteiger partial charge in [0.1, 0.15) is 0 Å². The van der Waals surface area contributed by atoms with Crippen LogP contribution in [0.25, 0.3) is 11.4 Å². The molecule has 0 aliphatic rings. The number of anilines is 2. The summed E-state index contributed by atoms with van der Waals surface area (Å²) in [7, 11) is 7.79. The lowest BCUT2D eigenvalue weighted by molar-refractivity contribution is -0.919. The Morgan fingerprint density at radius 2 is 1.05 bits per heavy atom. The number of pyridine rings is 2. The highest BCUT2D eigenvalue weighted by atomic mass is 16.5. The average molecular weight is 304 g/mol. The Balaban J connectivity index is 2.82. The molecule has 2 aromatic rings. The van der Waals surface area contributed by atoms with Gasteiger partial charge in [-0.3, -0.25) is 10.4 Å². The van der Waals surface area contributed by atoms with Gasteiger partial charge in [-0.2, -0.15) is 0 Å². The molecule has 0 fully saturated rings. The molecular weight excluding hydrogens is 280 g/mol. The quantitative estimate of drug-likeness (QED) is 0.660. The SMILES string of the molecule is Cc1c(N(C)C)cc[n+](O)c1-c1c(C)c(N(C)C)cc[n+]1O. The Bertz CT molecular complexity index is 650. The Morgan fingerprint density at radius 1 is 0.727 bits per heavy atom. The second kappa shape index (κ2) is 5.71. The van der Waals surface area contributed by atoms with Gasteiger partial charge in [-0.05, 0) is 13.8 Å². The normalized spacial score (nSPS) is 10.6. The molecule has 0 amide bonds. The molecule has 0 spiro atoms. The zero-order valence-electron chi connectivity index (χ0n) is 14.0. The van der Waals surface area contributed by atoms with Gasteiger partial charge in [0, 0.05) is 49.8 Å². The van der Waals surface area contributed by atoms with Crippen molar-refractivity contribution in [1.82, 2.24) is 0 Å². The molecule has 2 rings (SSSR count). The van der Waals surface area contributed by atoms with Gasteiger partial charge < -0.3 is 9.80 Å². The lowest BCUT2D eigenvalue weighted by Crippen LogP contribution is -2.42. The first kappa shape index (κ1) is 15.9. The maximum atomic E-state index is 10.3. The standard InChI is InChI=1S/C16H24N4O2/c1-11-13(17(3)4)7-9-19(21)15(11)16-12(2)14(18(5)6)8-10-20(16)22/h7-10,21-22H,1-6H3/q+2. The van der Waals surface area contributed by atoms with Crippen LogP contribution in [0.5, 0.6) is 0 Å². The van der Waals surface area contributed by atoms with Gasteiger partial charge in [0.2, 0.25) is 12.4 Å². The predicted molar refractivity (Wildman–Crippen MR) is 84.8 cm³/mol. The van der Waals surface area contributed by atoms with Gasteiger partial charge in [-0.25, -0.2) is 0 Å². The Labute approximate surface area is 131 Å². The summed E-state index contributed by atoms with van der Waals surface area (Å²) in [4.78, 5) is 3.96. The molecule has 0 saturated heterocycles. The minimum atomic E-state index is 0.565. The van der Waals surface area contributed by atoms with E-state index < -0.39 is 0 Å². The summed E-state index contributed by atoms with van der Waals surface area (Å²) in [5, 5.41) is 20.6. The second-order valence-electron chi connectivity index (χ2n) is 5.83. The van der Waals surface area contributed by atoms with E-state index >= 15 is 0 Å². The number of nitrogens with zero attached hydrogens (tertiary/aromatic N) is 4. The summed E-state index contributed by atoms with van der Waals surface area (Å²) in [5.74, 6) is 0. The lowest BCUT2D eigenvalue weighted by atomic mass is 10.0. The highest BCUT2D eigenvalue weighted by molar-refractivity contribution is 5.70. The van der Waals surface area contributed by atoms with E-state index in [0.29, 0.717) is 11.4 Å². The minimum absolute atomic E-state index is 0.565. The molecule has 2 heterocycles. The molecule has 6 nitrogen and oxygen atoms in total. The molecule has 6 heteroatoms. The average Bonchev–Trinajstić information content (AvgIpc) is 2.41. The van der Waals surface area contributed by atoms with Crippen molar-refractivity contribution in [2.24, 2.45) is 0 Å². The van der Waals surface area contributed by atoms with E-state index in [1.54, 1.807) is 12.4 Å². The van der Waals surface area contributed by atoms with Crippen LogP contribution < -0.4 is 19.3 Å². The number of hydrogen-bond acceptors (Lipinski definition) is 4. The number of aromatic nitrogens is 2. The zero-order chi connectivity index (χ0) is 16.6. The first-order valence-electron chi connectivity index (χ1n) is 7.09. The van der Waals surface area contributed by atoms with Gasteiger partial charge in [-0.15, -0.1) is 0 Å². The summed E-state index contributed by atoms with van der Waals surface area (Å²) < 4.78 is 2.10. The van der Waals surface area contributed by atoms with Crippen molar-refractivity contribution in [2.75, 3.05) is 38.0 Å². The van der Waals surface area contributed by atoms with Crippen LogP contribution in [0, 0.1) is 13.8 Å². The third-order valence-corrected chi connectivity index (χ3v) is 3.87. The van der Waals surface area contributed by atoms with Crippen LogP contribution in [0.2, 0.25) is 0 Å². The molecule has 0 aliphatic heterocycles. The van der Waals surface area contributed by atoms with E-state index in [1.165, 1.54) is 0 Å². The molecule has 118 valence electrons. The summed E-state index contributed by atoms with van der Waals surface area (Å²) >= 11 is 0. The van der Waals surface area contributed by atoms with E-state index in [4.69, 9.17) is 0 Å². The van der Waals surface area contributed by atoms with Crippen LogP contribution in [-0.4, -0.2) is 38.6 Å². The van der Waals surface area contributed by atoms with Crippen LogP contribution in [0.4, 0.5) is 11.4 Å². The van der Waals surface area contributed by atoms with Crippen LogP contribution >= 0.6 is 0 Å². The van der Waals surface area contributed by atoms with Crippen molar-refractivity contribution in [3.63, 3.8) is 0 Å². The Hall–Kier alpha value is -2.50. The van der Waals surface area contributed by atoms with Crippen molar-refractivity contribution < 1.29 is 19.9 Å². The van der Waals surface area contributed by atoms with E-state index in [-0.39, 0.29) is 0 Å². The summed E-state index contributed by atoms with van der Waals surface area (Å²) in [6.45, 7) is 3.86. The summed E-state index contributed by atoms with van der Waals surface area (Å²) in [6, 6.07) is 3.68. The van der Waals surface area contributed by atoms with Crippen LogP contribution in [0.15, 0.2) is 24.5 Å². The molecule has 0 aromatic carbocycles. The van der Waals surface area contributed by atoms with E-state index in [1.807, 2.05) is 64.0 Å². The monoisotopic (exact) mass is 304 g/mol. The van der Waals surface area contributed by atoms with Gasteiger partial charge in [0.05, 0.1) is 22.5 Å². The van der Waals surface area contributed by atoms with Crippen molar-refractivity contribution in [3.05, 3.63) is 35.7 Å². The van der Waals surface area contributed by atoms with Crippen LogP contribution in [0.3, 0.4) is 0 Å². The fourth-order valence-electron chi connectivity index (χ4n) is 2.81. The van der Waals surface area contributed by atoms with Crippen molar-refractivity contribution >= 4 is 11.4 Å². The van der Waals surface area contributed by atoms with E-state index in [9.17, 15) is 10.4 Å². The minimum Gasteiger partial charge on any atom is -0.377 e. The number of hydrogen-bond donors (Lipinski definition) is 2. The fraction of sp³-hybridized carbons (Fsp3) is 0.375. The molecule has 2 N–H and O–H groups in total. The third-order valence-electron chi connectivity index (χ3n) is 3.87. The maximum absolute atomic E-state index is 10.3. The molecule has 2 aromatic heterocycles. The molecular formula is C16H24N4O2+2. The molecule has 0 bridgehead atoms. The van der Waals surface area contributed by atoms with Gasteiger partial charge >= 0.3 is 11.4 Å². The van der Waals surface area contributed by atoms with E-state index in [2.05, 4.69) is 0 Å². The second-order valence-corrected chi connectivity index (χ2v) is 5.83. The molecule has 0 unspecified atom stereocenters. The van der Waals surface area contributed by atoms with Crippen molar-refractivity contribution in [3.8, 4) is 11.4 Å². The first-order valence-corrected chi connectivity index (χ1v) is 7.09. The lowest BCUT2D eigenvalue weighted by Gasteiger charge is -2.16. The zero-order valence-corrected chi connectivity index (χ0v) is 14.0. The fourth-order valence-corrected chi connectivity index (χ4v) is 2.81. The highest BCUT2D eigenvalue weighted by Crippen LogP contribution is 2.29. The Morgan fingerprint density at radius 3 is 1.32 bits per heavy atom. The Kier molecular flexibility index (Phi) is 4.12. The largest absolute Gasteiger partial charge is 0.377 e.